The minimum atomic E-state index is 0.604. The van der Waals surface area contributed by atoms with Crippen LogP contribution in [0.1, 0.15) is 19.8 Å². The molecule has 0 aliphatic rings. The molecule has 0 fully saturated rings. The summed E-state index contributed by atoms with van der Waals surface area (Å²) in [5.74, 6) is 0. The molecule has 0 aliphatic carbocycles. The summed E-state index contributed by atoms with van der Waals surface area (Å²) in [6.45, 7) is 9.22. The summed E-state index contributed by atoms with van der Waals surface area (Å²) in [6.07, 6.45) is 3.44. The van der Waals surface area contributed by atoms with E-state index in [1.54, 1.807) is 6.08 Å². The Morgan fingerprint density at radius 1 is 1.67 bits per heavy atom. The van der Waals surface area contributed by atoms with E-state index in [1.807, 2.05) is 6.92 Å². The van der Waals surface area contributed by atoms with Crippen molar-refractivity contribution in [1.82, 2.24) is 0 Å². The van der Waals surface area contributed by atoms with Crippen LogP contribution in [0.25, 0.3) is 0 Å². The summed E-state index contributed by atoms with van der Waals surface area (Å²) < 4.78 is 0. The highest BCUT2D eigenvalue weighted by Gasteiger charge is 1.94. The minimum absolute atomic E-state index is 0.604. The Balaban J connectivity index is 3.73. The van der Waals surface area contributed by atoms with Gasteiger partial charge in [-0.1, -0.05) is 32.6 Å². The van der Waals surface area contributed by atoms with E-state index >= 15 is 0 Å². The summed E-state index contributed by atoms with van der Waals surface area (Å²) >= 11 is 0. The van der Waals surface area contributed by atoms with E-state index < -0.39 is 0 Å². The van der Waals surface area contributed by atoms with Crippen LogP contribution in [-0.2, 0) is 0 Å². The van der Waals surface area contributed by atoms with Crippen LogP contribution in [0.4, 0.5) is 0 Å². The van der Waals surface area contributed by atoms with Gasteiger partial charge in [-0.05, 0) is 12.0 Å². The third-order valence-electron chi connectivity index (χ3n) is 1.13. The highest BCUT2D eigenvalue weighted by Crippen LogP contribution is 2.00. The first-order chi connectivity index (χ1) is 4.22. The topological polar surface area (TPSA) is 23.9 Å². The maximum Gasteiger partial charge on any atom is 0.0379 e. The van der Waals surface area contributed by atoms with Crippen LogP contribution < -0.4 is 0 Å². The minimum Gasteiger partial charge on any atom is -0.305 e. The van der Waals surface area contributed by atoms with Crippen molar-refractivity contribution in [3.63, 3.8) is 0 Å². The predicted molar refractivity (Wildman–Crippen MR) is 42.0 cm³/mol. The molecule has 0 spiro atoms. The quantitative estimate of drug-likeness (QED) is 0.439. The average molecular weight is 123 g/mol. The van der Waals surface area contributed by atoms with Crippen molar-refractivity contribution >= 4 is 5.71 Å². The molecule has 1 nitrogen and oxygen atoms in total. The Hall–Kier alpha value is -0.850. The molecule has 0 amide bonds. The second kappa shape index (κ2) is 4.07. The average Bonchev–Trinajstić information content (AvgIpc) is 1.87. The van der Waals surface area contributed by atoms with Crippen molar-refractivity contribution in [2.75, 3.05) is 0 Å². The van der Waals surface area contributed by atoms with Crippen molar-refractivity contribution in [2.24, 2.45) is 0 Å². The molecule has 9 heavy (non-hydrogen) atoms. The van der Waals surface area contributed by atoms with Gasteiger partial charge in [-0.15, -0.1) is 0 Å². The fourth-order valence-electron chi connectivity index (χ4n) is 0.534. The molecule has 1 N–H and O–H groups in total. The molecule has 0 aromatic heterocycles. The lowest BCUT2D eigenvalue weighted by atomic mass is 10.1. The van der Waals surface area contributed by atoms with Crippen LogP contribution in [-0.4, -0.2) is 5.71 Å². The lowest BCUT2D eigenvalue weighted by Gasteiger charge is -1.97. The molecule has 0 saturated heterocycles. The van der Waals surface area contributed by atoms with Gasteiger partial charge in [0.15, 0.2) is 0 Å². The lowest BCUT2D eigenvalue weighted by molar-refractivity contribution is 0.987. The van der Waals surface area contributed by atoms with Crippen LogP contribution in [0.15, 0.2) is 24.8 Å². The summed E-state index contributed by atoms with van der Waals surface area (Å²) in [6, 6.07) is 0. The van der Waals surface area contributed by atoms with Crippen molar-refractivity contribution in [1.29, 1.82) is 5.41 Å². The van der Waals surface area contributed by atoms with Gasteiger partial charge in [0.05, 0.1) is 0 Å². The first-order valence-corrected chi connectivity index (χ1v) is 3.11. The summed E-state index contributed by atoms with van der Waals surface area (Å²) in [4.78, 5) is 0. The number of allylic oxidation sites excluding steroid dienone is 2. The van der Waals surface area contributed by atoms with E-state index in [-0.39, 0.29) is 0 Å². The molecule has 0 aliphatic heterocycles. The molecular formula is C8H13N. The van der Waals surface area contributed by atoms with Crippen LogP contribution in [0, 0.1) is 5.41 Å². The molecule has 0 bridgehead atoms. The maximum absolute atomic E-state index is 7.32. The van der Waals surface area contributed by atoms with Gasteiger partial charge in [0.2, 0.25) is 0 Å². The largest absolute Gasteiger partial charge is 0.305 e. The highest BCUT2D eigenvalue weighted by atomic mass is 14.4. The second-order valence-electron chi connectivity index (χ2n) is 1.96. The van der Waals surface area contributed by atoms with E-state index in [0.717, 1.165) is 18.4 Å². The van der Waals surface area contributed by atoms with Gasteiger partial charge < -0.3 is 5.41 Å². The fourth-order valence-corrected chi connectivity index (χ4v) is 0.534. The van der Waals surface area contributed by atoms with Gasteiger partial charge in [-0.25, -0.2) is 0 Å². The Labute approximate surface area is 56.6 Å². The van der Waals surface area contributed by atoms with Crippen molar-refractivity contribution in [3.8, 4) is 0 Å². The van der Waals surface area contributed by atoms with Gasteiger partial charge in [0.25, 0.3) is 0 Å². The van der Waals surface area contributed by atoms with Crippen LogP contribution in [0.5, 0.6) is 0 Å². The van der Waals surface area contributed by atoms with E-state index in [4.69, 9.17) is 5.41 Å². The maximum atomic E-state index is 7.32. The molecule has 0 unspecified atom stereocenters. The van der Waals surface area contributed by atoms with Gasteiger partial charge in [0, 0.05) is 5.71 Å². The number of hydrogen-bond acceptors (Lipinski definition) is 1. The SMILES string of the molecule is C=CC(=C)C(=N)CCC. The highest BCUT2D eigenvalue weighted by molar-refractivity contribution is 5.99. The lowest BCUT2D eigenvalue weighted by Crippen LogP contribution is -1.95. The molecular weight excluding hydrogens is 110 g/mol. The standard InChI is InChI=1S/C8H13N/c1-4-6-8(9)7(3)5-2/h5,9H,2-4,6H2,1H3. The summed E-state index contributed by atoms with van der Waals surface area (Å²) in [5.41, 5.74) is 1.35. The molecule has 0 saturated carbocycles. The molecule has 0 radical (unpaired) electrons. The summed E-state index contributed by atoms with van der Waals surface area (Å²) in [5, 5.41) is 7.32. The Morgan fingerprint density at radius 2 is 2.22 bits per heavy atom. The van der Waals surface area contributed by atoms with Gasteiger partial charge in [-0.3, -0.25) is 0 Å². The van der Waals surface area contributed by atoms with Crippen LogP contribution >= 0.6 is 0 Å². The number of nitrogens with one attached hydrogen (secondary N) is 1. The zero-order valence-corrected chi connectivity index (χ0v) is 5.91. The molecule has 0 aromatic carbocycles. The molecule has 0 atom stereocenters. The fraction of sp³-hybridized carbons (Fsp3) is 0.375. The van der Waals surface area contributed by atoms with Crippen molar-refractivity contribution < 1.29 is 0 Å². The monoisotopic (exact) mass is 123 g/mol. The van der Waals surface area contributed by atoms with E-state index in [2.05, 4.69) is 13.2 Å². The smallest absolute Gasteiger partial charge is 0.0379 e. The molecule has 0 heterocycles. The zero-order valence-electron chi connectivity index (χ0n) is 5.91. The van der Waals surface area contributed by atoms with Gasteiger partial charge in [0.1, 0.15) is 0 Å². The van der Waals surface area contributed by atoms with E-state index in [1.165, 1.54) is 0 Å². The molecule has 1 heteroatoms. The number of hydrogen-bond donors (Lipinski definition) is 1. The number of rotatable bonds is 4. The Morgan fingerprint density at radius 3 is 2.56 bits per heavy atom. The van der Waals surface area contributed by atoms with E-state index in [9.17, 15) is 0 Å². The Bertz CT molecular complexity index is 134. The predicted octanol–water partition coefficient (Wildman–Crippen LogP) is 2.55. The van der Waals surface area contributed by atoms with Crippen molar-refractivity contribution in [3.05, 3.63) is 24.8 Å². The normalized spacial score (nSPS) is 8.56. The van der Waals surface area contributed by atoms with Crippen LogP contribution in [0.2, 0.25) is 0 Å². The molecule has 0 rings (SSSR count). The van der Waals surface area contributed by atoms with Gasteiger partial charge >= 0.3 is 0 Å². The third kappa shape index (κ3) is 2.85. The second-order valence-corrected chi connectivity index (χ2v) is 1.96. The molecule has 0 aromatic rings. The first-order valence-electron chi connectivity index (χ1n) is 3.11. The van der Waals surface area contributed by atoms with E-state index in [0.29, 0.717) is 5.71 Å². The third-order valence-corrected chi connectivity index (χ3v) is 1.13. The first kappa shape index (κ1) is 8.15. The Kier molecular flexibility index (Phi) is 3.69. The molecule has 50 valence electrons. The zero-order chi connectivity index (χ0) is 7.28. The van der Waals surface area contributed by atoms with Crippen LogP contribution in [0.3, 0.4) is 0 Å². The van der Waals surface area contributed by atoms with Crippen molar-refractivity contribution in [2.45, 2.75) is 19.8 Å². The summed E-state index contributed by atoms with van der Waals surface area (Å²) in [7, 11) is 0. The van der Waals surface area contributed by atoms with Gasteiger partial charge in [-0.2, -0.15) is 0 Å².